The van der Waals surface area contributed by atoms with Crippen LogP contribution in [0.3, 0.4) is 0 Å². The molecule has 15 heavy (non-hydrogen) atoms. The summed E-state index contributed by atoms with van der Waals surface area (Å²) in [7, 11) is 0. The Labute approximate surface area is 96.1 Å². The highest BCUT2D eigenvalue weighted by atomic mass is 79.9. The zero-order valence-electron chi connectivity index (χ0n) is 8.14. The minimum atomic E-state index is -0.638. The number of halogens is 3. The first-order valence-corrected chi connectivity index (χ1v) is 5.37. The van der Waals surface area contributed by atoms with Crippen LogP contribution in [0.1, 0.15) is 24.4 Å². The Hall–Kier alpha value is -0.740. The monoisotopic (exact) mass is 275 g/mol. The fourth-order valence-electron chi connectivity index (χ4n) is 1.32. The van der Waals surface area contributed by atoms with Crippen LogP contribution in [0.25, 0.3) is 0 Å². The Balaban J connectivity index is 3.01. The molecule has 1 aromatic carbocycles. The van der Waals surface area contributed by atoms with Gasteiger partial charge in [-0.2, -0.15) is 0 Å². The molecule has 1 nitrogen and oxygen atoms in total. The summed E-state index contributed by atoms with van der Waals surface area (Å²) < 4.78 is 27.1. The van der Waals surface area contributed by atoms with Gasteiger partial charge in [0, 0.05) is 11.6 Å². The van der Waals surface area contributed by atoms with E-state index in [0.29, 0.717) is 12.8 Å². The summed E-state index contributed by atoms with van der Waals surface area (Å²) >= 11 is 3.00. The third-order valence-corrected chi connectivity index (χ3v) is 2.74. The van der Waals surface area contributed by atoms with Gasteiger partial charge in [-0.25, -0.2) is 8.78 Å². The third-order valence-electron chi connectivity index (χ3n) is 2.13. The van der Waals surface area contributed by atoms with Gasteiger partial charge in [0.15, 0.2) is 0 Å². The molecule has 0 saturated heterocycles. The van der Waals surface area contributed by atoms with Gasteiger partial charge in [-0.3, -0.25) is 0 Å². The summed E-state index contributed by atoms with van der Waals surface area (Å²) in [5.74, 6) is -1.22. The van der Waals surface area contributed by atoms with Crippen LogP contribution in [0, 0.1) is 11.6 Å². The van der Waals surface area contributed by atoms with E-state index in [-0.39, 0.29) is 10.0 Å². The second-order valence-electron chi connectivity index (χ2n) is 3.23. The van der Waals surface area contributed by atoms with Crippen molar-refractivity contribution in [2.75, 3.05) is 0 Å². The molecule has 0 heterocycles. The standard InChI is InChI=1S/C11H12BrF2N/c1-2-3-4-9(15)10-8(13)6-5-7(12)11(10)14/h2,5-6,9H,1,3-4,15H2/t9-/m0/s1. The first-order chi connectivity index (χ1) is 7.07. The normalized spacial score (nSPS) is 12.5. The number of rotatable bonds is 4. The highest BCUT2D eigenvalue weighted by Crippen LogP contribution is 2.27. The number of allylic oxidation sites excluding steroid dienone is 1. The molecule has 2 N–H and O–H groups in total. The molecular weight excluding hydrogens is 264 g/mol. The van der Waals surface area contributed by atoms with Crippen molar-refractivity contribution in [1.82, 2.24) is 0 Å². The molecule has 0 aromatic heterocycles. The van der Waals surface area contributed by atoms with Gasteiger partial charge in [-0.05, 0) is 40.9 Å². The average Bonchev–Trinajstić information content (AvgIpc) is 2.21. The molecule has 0 amide bonds. The second kappa shape index (κ2) is 5.37. The van der Waals surface area contributed by atoms with Gasteiger partial charge in [0.25, 0.3) is 0 Å². The molecule has 1 atom stereocenters. The predicted octanol–water partition coefficient (Wildman–Crippen LogP) is 3.69. The Morgan fingerprint density at radius 2 is 2.13 bits per heavy atom. The minimum Gasteiger partial charge on any atom is -0.324 e. The molecule has 1 rings (SSSR count). The zero-order valence-corrected chi connectivity index (χ0v) is 9.73. The quantitative estimate of drug-likeness (QED) is 0.658. The Morgan fingerprint density at radius 1 is 1.47 bits per heavy atom. The molecule has 0 unspecified atom stereocenters. The third kappa shape index (κ3) is 2.86. The first-order valence-electron chi connectivity index (χ1n) is 4.57. The van der Waals surface area contributed by atoms with Crippen LogP contribution in [0.4, 0.5) is 8.78 Å². The summed E-state index contributed by atoms with van der Waals surface area (Å²) in [4.78, 5) is 0. The van der Waals surface area contributed by atoms with E-state index in [1.165, 1.54) is 12.1 Å². The fraction of sp³-hybridized carbons (Fsp3) is 0.273. The Morgan fingerprint density at radius 3 is 2.73 bits per heavy atom. The van der Waals surface area contributed by atoms with Crippen LogP contribution in [-0.4, -0.2) is 0 Å². The van der Waals surface area contributed by atoms with Gasteiger partial charge in [0.05, 0.1) is 4.47 Å². The van der Waals surface area contributed by atoms with E-state index in [4.69, 9.17) is 5.73 Å². The molecule has 0 aliphatic heterocycles. The Bertz CT molecular complexity index is 366. The van der Waals surface area contributed by atoms with Gasteiger partial charge in [0.1, 0.15) is 11.6 Å². The summed E-state index contributed by atoms with van der Waals surface area (Å²) in [6.45, 7) is 3.54. The summed E-state index contributed by atoms with van der Waals surface area (Å²) in [6.07, 6.45) is 2.79. The molecule has 4 heteroatoms. The molecular formula is C11H12BrF2N. The van der Waals surface area contributed by atoms with Crippen molar-refractivity contribution in [3.05, 3.63) is 46.5 Å². The highest BCUT2D eigenvalue weighted by Gasteiger charge is 2.18. The maximum absolute atomic E-state index is 13.5. The predicted molar refractivity (Wildman–Crippen MR) is 60.4 cm³/mol. The molecule has 0 fully saturated rings. The summed E-state index contributed by atoms with van der Waals surface area (Å²) in [5.41, 5.74) is 5.64. The van der Waals surface area contributed by atoms with Crippen molar-refractivity contribution < 1.29 is 8.78 Å². The Kier molecular flexibility index (Phi) is 4.42. The summed E-state index contributed by atoms with van der Waals surface area (Å²) in [6, 6.07) is 1.89. The van der Waals surface area contributed by atoms with E-state index in [1.807, 2.05) is 0 Å². The number of hydrogen-bond acceptors (Lipinski definition) is 1. The van der Waals surface area contributed by atoms with Crippen LogP contribution in [-0.2, 0) is 0 Å². The van der Waals surface area contributed by atoms with Crippen LogP contribution < -0.4 is 5.73 Å². The van der Waals surface area contributed by atoms with Crippen LogP contribution in [0.2, 0.25) is 0 Å². The van der Waals surface area contributed by atoms with Gasteiger partial charge >= 0.3 is 0 Å². The lowest BCUT2D eigenvalue weighted by molar-refractivity contribution is 0.511. The van der Waals surface area contributed by atoms with Gasteiger partial charge in [-0.1, -0.05) is 6.08 Å². The SMILES string of the molecule is C=CCC[C@H](N)c1c(F)ccc(Br)c1F. The number of benzene rings is 1. The van der Waals surface area contributed by atoms with Crippen molar-refractivity contribution in [2.45, 2.75) is 18.9 Å². The highest BCUT2D eigenvalue weighted by molar-refractivity contribution is 9.10. The van der Waals surface area contributed by atoms with Crippen molar-refractivity contribution in [3.63, 3.8) is 0 Å². The number of hydrogen-bond donors (Lipinski definition) is 1. The summed E-state index contributed by atoms with van der Waals surface area (Å²) in [5, 5.41) is 0. The second-order valence-corrected chi connectivity index (χ2v) is 4.08. The molecule has 82 valence electrons. The maximum atomic E-state index is 13.5. The first kappa shape index (κ1) is 12.3. The fourth-order valence-corrected chi connectivity index (χ4v) is 1.67. The largest absolute Gasteiger partial charge is 0.324 e. The maximum Gasteiger partial charge on any atom is 0.145 e. The van der Waals surface area contributed by atoms with Crippen molar-refractivity contribution >= 4 is 15.9 Å². The van der Waals surface area contributed by atoms with Crippen LogP contribution in [0.15, 0.2) is 29.3 Å². The lowest BCUT2D eigenvalue weighted by Gasteiger charge is -2.13. The van der Waals surface area contributed by atoms with E-state index < -0.39 is 17.7 Å². The molecule has 0 spiro atoms. The molecule has 1 aromatic rings. The van der Waals surface area contributed by atoms with E-state index in [2.05, 4.69) is 22.5 Å². The van der Waals surface area contributed by atoms with Crippen LogP contribution >= 0.6 is 15.9 Å². The molecule has 0 radical (unpaired) electrons. The molecule has 0 aliphatic carbocycles. The molecule has 0 aliphatic rings. The van der Waals surface area contributed by atoms with Gasteiger partial charge in [-0.15, -0.1) is 6.58 Å². The van der Waals surface area contributed by atoms with E-state index >= 15 is 0 Å². The van der Waals surface area contributed by atoms with E-state index in [1.54, 1.807) is 6.08 Å². The lowest BCUT2D eigenvalue weighted by atomic mass is 10.0. The zero-order chi connectivity index (χ0) is 11.4. The molecule has 0 bridgehead atoms. The van der Waals surface area contributed by atoms with E-state index in [9.17, 15) is 8.78 Å². The van der Waals surface area contributed by atoms with Crippen molar-refractivity contribution in [2.24, 2.45) is 5.73 Å². The van der Waals surface area contributed by atoms with Crippen molar-refractivity contribution in [3.8, 4) is 0 Å². The topological polar surface area (TPSA) is 26.0 Å². The average molecular weight is 276 g/mol. The number of nitrogens with two attached hydrogens (primary N) is 1. The van der Waals surface area contributed by atoms with E-state index in [0.717, 1.165) is 0 Å². The van der Waals surface area contributed by atoms with Gasteiger partial charge in [0.2, 0.25) is 0 Å². The molecule has 0 saturated carbocycles. The minimum absolute atomic E-state index is 0.0637. The van der Waals surface area contributed by atoms with Gasteiger partial charge < -0.3 is 5.73 Å². The van der Waals surface area contributed by atoms with Crippen LogP contribution in [0.5, 0.6) is 0 Å². The van der Waals surface area contributed by atoms with Crippen molar-refractivity contribution in [1.29, 1.82) is 0 Å². The lowest BCUT2D eigenvalue weighted by Crippen LogP contribution is -2.14. The smallest absolute Gasteiger partial charge is 0.145 e.